The minimum atomic E-state index is -0.336. The topological polar surface area (TPSA) is 104 Å². The molecule has 1 aromatic heterocycles. The van der Waals surface area contributed by atoms with Gasteiger partial charge in [-0.2, -0.15) is 5.10 Å². The van der Waals surface area contributed by atoms with E-state index in [4.69, 9.17) is 5.73 Å². The monoisotopic (exact) mass is 271 g/mol. The van der Waals surface area contributed by atoms with E-state index in [9.17, 15) is 9.59 Å². The summed E-state index contributed by atoms with van der Waals surface area (Å²) in [6.07, 6.45) is 0. The summed E-state index contributed by atoms with van der Waals surface area (Å²) < 4.78 is 0. The van der Waals surface area contributed by atoms with Gasteiger partial charge >= 0.3 is 0 Å². The molecule has 3 rings (SSSR count). The van der Waals surface area contributed by atoms with Crippen molar-refractivity contribution in [1.29, 1.82) is 0 Å². The number of anilines is 1. The maximum Gasteiger partial charge on any atom is 0.266 e. The number of benzene rings is 1. The molecule has 0 fully saturated rings. The van der Waals surface area contributed by atoms with Crippen LogP contribution in [0.3, 0.4) is 0 Å². The summed E-state index contributed by atoms with van der Waals surface area (Å²) in [6, 6.07) is 5.11. The molecule has 7 nitrogen and oxygen atoms in total. The number of carbonyl (C=O) groups is 2. The average molecular weight is 271 g/mol. The molecule has 0 aliphatic heterocycles. The van der Waals surface area contributed by atoms with Crippen molar-refractivity contribution >= 4 is 17.5 Å². The molecule has 102 valence electrons. The number of ketones is 1. The molecule has 0 spiro atoms. The smallest absolute Gasteiger partial charge is 0.266 e. The normalized spacial score (nSPS) is 12.4. The number of amides is 1. The Bertz CT molecular complexity index is 732. The second kappa shape index (κ2) is 4.17. The molecule has 1 aliphatic rings. The van der Waals surface area contributed by atoms with Gasteiger partial charge < -0.3 is 5.73 Å². The van der Waals surface area contributed by atoms with Crippen molar-refractivity contribution in [3.05, 3.63) is 34.9 Å². The van der Waals surface area contributed by atoms with Gasteiger partial charge in [-0.3, -0.25) is 20.1 Å². The van der Waals surface area contributed by atoms with E-state index in [2.05, 4.69) is 15.6 Å². The van der Waals surface area contributed by atoms with E-state index >= 15 is 0 Å². The first-order chi connectivity index (χ1) is 9.50. The van der Waals surface area contributed by atoms with Crippen molar-refractivity contribution in [2.24, 2.45) is 0 Å². The highest BCUT2D eigenvalue weighted by Gasteiger charge is 2.34. The van der Waals surface area contributed by atoms with Crippen LogP contribution in [0.1, 0.15) is 26.3 Å². The van der Waals surface area contributed by atoms with Crippen LogP contribution in [0.15, 0.2) is 18.2 Å². The number of nitrogens with zero attached hydrogens (tertiary/aromatic N) is 2. The molecule has 0 radical (unpaired) electrons. The number of fused-ring (bicyclic) bond motifs is 3. The molecule has 0 saturated carbocycles. The third-order valence-corrected chi connectivity index (χ3v) is 3.15. The summed E-state index contributed by atoms with van der Waals surface area (Å²) in [5.41, 5.74) is 10.6. The van der Waals surface area contributed by atoms with Gasteiger partial charge in [0.2, 0.25) is 0 Å². The molecule has 0 atom stereocenters. The number of nitrogens with one attached hydrogen (secondary N) is 2. The predicted molar refractivity (Wildman–Crippen MR) is 73.0 cm³/mol. The minimum absolute atomic E-state index is 0.153. The van der Waals surface area contributed by atoms with Gasteiger partial charge in [0.1, 0.15) is 0 Å². The molecule has 0 bridgehead atoms. The summed E-state index contributed by atoms with van der Waals surface area (Å²) in [7, 11) is 3.40. The van der Waals surface area contributed by atoms with Gasteiger partial charge in [0.15, 0.2) is 11.6 Å². The second-order valence-corrected chi connectivity index (χ2v) is 4.75. The van der Waals surface area contributed by atoms with Gasteiger partial charge in [-0.25, -0.2) is 5.01 Å². The summed E-state index contributed by atoms with van der Waals surface area (Å²) in [4.78, 5) is 24.6. The van der Waals surface area contributed by atoms with Crippen molar-refractivity contribution < 1.29 is 9.59 Å². The third kappa shape index (κ3) is 1.60. The first-order valence-corrected chi connectivity index (χ1v) is 6.01. The van der Waals surface area contributed by atoms with E-state index in [1.165, 1.54) is 5.01 Å². The number of nitrogen functional groups attached to an aromatic ring is 1. The number of aromatic nitrogens is 2. The van der Waals surface area contributed by atoms with E-state index in [-0.39, 0.29) is 17.5 Å². The minimum Gasteiger partial charge on any atom is -0.382 e. The average Bonchev–Trinajstić information content (AvgIpc) is 2.90. The van der Waals surface area contributed by atoms with Gasteiger partial charge in [0.25, 0.3) is 5.91 Å². The zero-order valence-corrected chi connectivity index (χ0v) is 11.0. The van der Waals surface area contributed by atoms with Crippen LogP contribution < -0.4 is 11.2 Å². The van der Waals surface area contributed by atoms with Gasteiger partial charge in [-0.1, -0.05) is 12.1 Å². The van der Waals surface area contributed by atoms with Crippen molar-refractivity contribution in [2.75, 3.05) is 19.8 Å². The number of carbonyl (C=O) groups excluding carboxylic acids is 2. The SMILES string of the molecule is CN(C)NC(=O)c1cccc2c1C(=O)c1c(N)n[nH]c1-2. The Morgan fingerprint density at radius 2 is 2.10 bits per heavy atom. The molecule has 2 aromatic rings. The summed E-state index contributed by atoms with van der Waals surface area (Å²) >= 11 is 0. The second-order valence-electron chi connectivity index (χ2n) is 4.75. The zero-order chi connectivity index (χ0) is 14.4. The molecule has 1 amide bonds. The number of hydrogen-bond acceptors (Lipinski definition) is 5. The van der Waals surface area contributed by atoms with Crippen LogP contribution in [-0.4, -0.2) is 41.0 Å². The van der Waals surface area contributed by atoms with Crippen LogP contribution in [0, 0.1) is 0 Å². The van der Waals surface area contributed by atoms with Crippen LogP contribution in [0.25, 0.3) is 11.3 Å². The molecule has 0 saturated heterocycles. The summed E-state index contributed by atoms with van der Waals surface area (Å²) in [5, 5.41) is 8.10. The van der Waals surface area contributed by atoms with E-state index in [1.54, 1.807) is 32.3 Å². The first kappa shape index (κ1) is 12.4. The molecule has 4 N–H and O–H groups in total. The van der Waals surface area contributed by atoms with Crippen molar-refractivity contribution in [1.82, 2.24) is 20.6 Å². The third-order valence-electron chi connectivity index (χ3n) is 3.15. The Morgan fingerprint density at radius 1 is 1.35 bits per heavy atom. The van der Waals surface area contributed by atoms with Crippen LogP contribution >= 0.6 is 0 Å². The summed E-state index contributed by atoms with van der Waals surface area (Å²) in [6.45, 7) is 0. The molecule has 1 aliphatic carbocycles. The Hall–Kier alpha value is -2.67. The molecule has 1 aromatic carbocycles. The lowest BCUT2D eigenvalue weighted by Crippen LogP contribution is -2.36. The fourth-order valence-electron chi connectivity index (χ4n) is 2.36. The van der Waals surface area contributed by atoms with Crippen molar-refractivity contribution in [3.63, 3.8) is 0 Å². The highest BCUT2D eigenvalue weighted by Crippen LogP contribution is 2.39. The number of aromatic amines is 1. The molecular weight excluding hydrogens is 258 g/mol. The van der Waals surface area contributed by atoms with E-state index in [0.29, 0.717) is 27.9 Å². The highest BCUT2D eigenvalue weighted by molar-refractivity contribution is 6.26. The Kier molecular flexibility index (Phi) is 2.58. The van der Waals surface area contributed by atoms with Gasteiger partial charge in [-0.15, -0.1) is 0 Å². The maximum absolute atomic E-state index is 12.4. The maximum atomic E-state index is 12.4. The van der Waals surface area contributed by atoms with Crippen LogP contribution in [-0.2, 0) is 0 Å². The van der Waals surface area contributed by atoms with Gasteiger partial charge in [0, 0.05) is 25.2 Å². The highest BCUT2D eigenvalue weighted by atomic mass is 16.2. The van der Waals surface area contributed by atoms with Crippen LogP contribution in [0.5, 0.6) is 0 Å². The first-order valence-electron chi connectivity index (χ1n) is 6.01. The van der Waals surface area contributed by atoms with Crippen molar-refractivity contribution in [2.45, 2.75) is 0 Å². The Morgan fingerprint density at radius 3 is 2.80 bits per heavy atom. The quantitative estimate of drug-likeness (QED) is 0.586. The largest absolute Gasteiger partial charge is 0.382 e. The van der Waals surface area contributed by atoms with Crippen LogP contribution in [0.2, 0.25) is 0 Å². The van der Waals surface area contributed by atoms with Gasteiger partial charge in [-0.05, 0) is 6.07 Å². The molecule has 20 heavy (non-hydrogen) atoms. The summed E-state index contributed by atoms with van der Waals surface area (Å²) in [5.74, 6) is -0.456. The standard InChI is InChI=1S/C13H13N5O2/c1-18(2)17-13(20)7-5-3-4-6-8(7)11(19)9-10(6)15-16-12(9)14/h3-5H,1-2H3,(H,17,20)(H3,14,15,16). The number of hydrogen-bond donors (Lipinski definition) is 3. The molecule has 7 heteroatoms. The van der Waals surface area contributed by atoms with Gasteiger partial charge in [0.05, 0.1) is 16.8 Å². The number of hydrazine groups is 1. The Labute approximate surface area is 114 Å². The predicted octanol–water partition coefficient (Wildman–Crippen LogP) is 0.410. The lowest BCUT2D eigenvalue weighted by molar-refractivity contribution is 0.0851. The van der Waals surface area contributed by atoms with Crippen molar-refractivity contribution in [3.8, 4) is 11.3 Å². The van der Waals surface area contributed by atoms with E-state index < -0.39 is 0 Å². The fraction of sp³-hybridized carbons (Fsp3) is 0.154. The number of H-pyrrole nitrogens is 1. The number of rotatable bonds is 2. The Balaban J connectivity index is 2.16. The molecule has 1 heterocycles. The zero-order valence-electron chi connectivity index (χ0n) is 11.0. The van der Waals surface area contributed by atoms with E-state index in [1.807, 2.05) is 0 Å². The number of nitrogens with two attached hydrogens (primary N) is 1. The lowest BCUT2D eigenvalue weighted by Gasteiger charge is -2.13. The fourth-order valence-corrected chi connectivity index (χ4v) is 2.36. The lowest BCUT2D eigenvalue weighted by atomic mass is 10.0. The van der Waals surface area contributed by atoms with E-state index in [0.717, 1.165) is 0 Å². The molecule has 0 unspecified atom stereocenters. The molecular formula is C13H13N5O2. The van der Waals surface area contributed by atoms with Crippen LogP contribution in [0.4, 0.5) is 5.82 Å².